The lowest BCUT2D eigenvalue weighted by atomic mass is 10.1. The van der Waals surface area contributed by atoms with Crippen LogP contribution in [0.4, 0.5) is 4.39 Å². The standard InChI is InChI=1S/C18H21FN2O2/c19-15-3-1-2-14(12-15)13-22-16-4-6-17(7-5-16)23-18-8-10-21(20)11-9-18/h1-7,12,18H,8-11,13,20H2. The second kappa shape index (κ2) is 7.44. The average molecular weight is 316 g/mol. The Morgan fingerprint density at radius 1 is 1.04 bits per heavy atom. The van der Waals surface area contributed by atoms with Crippen LogP contribution in [0.1, 0.15) is 18.4 Å². The van der Waals surface area contributed by atoms with Crippen molar-refractivity contribution in [2.75, 3.05) is 13.1 Å². The summed E-state index contributed by atoms with van der Waals surface area (Å²) in [4.78, 5) is 0. The Balaban J connectivity index is 1.51. The Morgan fingerprint density at radius 3 is 2.43 bits per heavy atom. The lowest BCUT2D eigenvalue weighted by molar-refractivity contribution is 0.101. The van der Waals surface area contributed by atoms with E-state index in [0.29, 0.717) is 6.61 Å². The van der Waals surface area contributed by atoms with E-state index < -0.39 is 0 Å². The molecule has 0 saturated carbocycles. The van der Waals surface area contributed by atoms with Gasteiger partial charge in [0.15, 0.2) is 0 Å². The van der Waals surface area contributed by atoms with Crippen LogP contribution in [0.5, 0.6) is 11.5 Å². The molecule has 1 heterocycles. The van der Waals surface area contributed by atoms with Gasteiger partial charge in [0.2, 0.25) is 0 Å². The maximum atomic E-state index is 13.1. The molecule has 0 aliphatic carbocycles. The average Bonchev–Trinajstić information content (AvgIpc) is 2.56. The predicted octanol–water partition coefficient (Wildman–Crippen LogP) is 3.12. The SMILES string of the molecule is NN1CCC(Oc2ccc(OCc3cccc(F)c3)cc2)CC1. The van der Waals surface area contributed by atoms with Crippen molar-refractivity contribution in [3.05, 3.63) is 59.9 Å². The molecule has 0 amide bonds. The molecule has 0 radical (unpaired) electrons. The summed E-state index contributed by atoms with van der Waals surface area (Å²) in [6.45, 7) is 2.06. The van der Waals surface area contributed by atoms with Crippen molar-refractivity contribution in [3.8, 4) is 11.5 Å². The van der Waals surface area contributed by atoms with Gasteiger partial charge < -0.3 is 9.47 Å². The topological polar surface area (TPSA) is 47.7 Å². The maximum Gasteiger partial charge on any atom is 0.123 e. The summed E-state index contributed by atoms with van der Waals surface area (Å²) < 4.78 is 24.7. The molecule has 5 heteroatoms. The number of hydrazine groups is 1. The van der Waals surface area contributed by atoms with Gasteiger partial charge in [-0.15, -0.1) is 0 Å². The van der Waals surface area contributed by atoms with E-state index in [1.807, 2.05) is 35.3 Å². The zero-order valence-corrected chi connectivity index (χ0v) is 13.0. The van der Waals surface area contributed by atoms with Gasteiger partial charge in [0.25, 0.3) is 0 Å². The van der Waals surface area contributed by atoms with Crippen LogP contribution in [0.25, 0.3) is 0 Å². The van der Waals surface area contributed by atoms with Crippen LogP contribution in [0.2, 0.25) is 0 Å². The summed E-state index contributed by atoms with van der Waals surface area (Å²) in [5.74, 6) is 7.05. The summed E-state index contributed by atoms with van der Waals surface area (Å²) >= 11 is 0. The van der Waals surface area contributed by atoms with Crippen LogP contribution >= 0.6 is 0 Å². The number of halogens is 1. The first-order chi connectivity index (χ1) is 11.2. The fraction of sp³-hybridized carbons (Fsp3) is 0.333. The van der Waals surface area contributed by atoms with E-state index in [1.54, 1.807) is 6.07 Å². The van der Waals surface area contributed by atoms with E-state index in [4.69, 9.17) is 15.3 Å². The zero-order chi connectivity index (χ0) is 16.1. The van der Waals surface area contributed by atoms with Crippen molar-refractivity contribution >= 4 is 0 Å². The highest BCUT2D eigenvalue weighted by Crippen LogP contribution is 2.22. The van der Waals surface area contributed by atoms with Crippen LogP contribution in [-0.4, -0.2) is 24.2 Å². The fourth-order valence-electron chi connectivity index (χ4n) is 2.59. The zero-order valence-electron chi connectivity index (χ0n) is 13.0. The lowest BCUT2D eigenvalue weighted by Gasteiger charge is -2.28. The molecule has 4 nitrogen and oxygen atoms in total. The number of hydrogen-bond acceptors (Lipinski definition) is 4. The molecule has 122 valence electrons. The molecule has 2 aromatic rings. The van der Waals surface area contributed by atoms with Crippen molar-refractivity contribution in [2.45, 2.75) is 25.6 Å². The van der Waals surface area contributed by atoms with Crippen molar-refractivity contribution in [3.63, 3.8) is 0 Å². The number of hydrogen-bond donors (Lipinski definition) is 1. The molecule has 0 aromatic heterocycles. The van der Waals surface area contributed by atoms with E-state index in [1.165, 1.54) is 12.1 Å². The molecule has 2 N–H and O–H groups in total. The Bertz CT molecular complexity index is 625. The van der Waals surface area contributed by atoms with Gasteiger partial charge in [-0.2, -0.15) is 0 Å². The van der Waals surface area contributed by atoms with Crippen molar-refractivity contribution in [2.24, 2.45) is 5.84 Å². The van der Waals surface area contributed by atoms with Gasteiger partial charge in [0.1, 0.15) is 30.0 Å². The summed E-state index contributed by atoms with van der Waals surface area (Å²) in [5.41, 5.74) is 0.805. The quantitative estimate of drug-likeness (QED) is 0.861. The molecule has 0 unspecified atom stereocenters. The van der Waals surface area contributed by atoms with Crippen LogP contribution in [0.15, 0.2) is 48.5 Å². The van der Waals surface area contributed by atoms with Gasteiger partial charge in [-0.1, -0.05) is 12.1 Å². The van der Waals surface area contributed by atoms with Gasteiger partial charge in [-0.05, 0) is 54.8 Å². The van der Waals surface area contributed by atoms with E-state index in [2.05, 4.69) is 0 Å². The molecule has 0 bridgehead atoms. The number of nitrogens with zero attached hydrogens (tertiary/aromatic N) is 1. The first-order valence-electron chi connectivity index (χ1n) is 7.83. The van der Waals surface area contributed by atoms with Gasteiger partial charge in [-0.3, -0.25) is 5.84 Å². The summed E-state index contributed by atoms with van der Waals surface area (Å²) in [5, 5.41) is 1.82. The van der Waals surface area contributed by atoms with Crippen molar-refractivity contribution < 1.29 is 13.9 Å². The monoisotopic (exact) mass is 316 g/mol. The smallest absolute Gasteiger partial charge is 0.123 e. The Labute approximate surface area is 135 Å². The largest absolute Gasteiger partial charge is 0.490 e. The highest BCUT2D eigenvalue weighted by Gasteiger charge is 2.18. The Morgan fingerprint density at radius 2 is 1.74 bits per heavy atom. The maximum absolute atomic E-state index is 13.1. The minimum Gasteiger partial charge on any atom is -0.490 e. The Kier molecular flexibility index (Phi) is 5.10. The molecule has 3 rings (SSSR count). The molecule has 0 spiro atoms. The molecule has 2 aromatic carbocycles. The molecular weight excluding hydrogens is 295 g/mol. The summed E-state index contributed by atoms with van der Waals surface area (Å²) in [6.07, 6.45) is 2.09. The molecule has 1 aliphatic rings. The predicted molar refractivity (Wildman–Crippen MR) is 86.6 cm³/mol. The summed E-state index contributed by atoms with van der Waals surface area (Å²) in [6, 6.07) is 13.9. The molecule has 1 fully saturated rings. The minimum atomic E-state index is -0.252. The highest BCUT2D eigenvalue weighted by atomic mass is 19.1. The molecule has 1 saturated heterocycles. The minimum absolute atomic E-state index is 0.217. The van der Waals surface area contributed by atoms with Gasteiger partial charge in [0.05, 0.1) is 0 Å². The third-order valence-electron chi connectivity index (χ3n) is 3.90. The first-order valence-corrected chi connectivity index (χ1v) is 7.83. The normalized spacial score (nSPS) is 16.3. The van der Waals surface area contributed by atoms with Gasteiger partial charge in [-0.25, -0.2) is 9.40 Å². The van der Waals surface area contributed by atoms with Crippen LogP contribution in [0, 0.1) is 5.82 Å². The van der Waals surface area contributed by atoms with E-state index in [0.717, 1.165) is 43.0 Å². The second-order valence-corrected chi connectivity index (χ2v) is 5.74. The number of benzene rings is 2. The first kappa shape index (κ1) is 15.8. The number of rotatable bonds is 5. The third-order valence-corrected chi connectivity index (χ3v) is 3.90. The fourth-order valence-corrected chi connectivity index (χ4v) is 2.59. The van der Waals surface area contributed by atoms with Crippen LogP contribution in [0.3, 0.4) is 0 Å². The summed E-state index contributed by atoms with van der Waals surface area (Å²) in [7, 11) is 0. The van der Waals surface area contributed by atoms with Crippen molar-refractivity contribution in [1.29, 1.82) is 0 Å². The lowest BCUT2D eigenvalue weighted by Crippen LogP contribution is -2.42. The molecule has 0 atom stereocenters. The third kappa shape index (κ3) is 4.68. The van der Waals surface area contributed by atoms with Gasteiger partial charge >= 0.3 is 0 Å². The Hall–Kier alpha value is -2.11. The number of ether oxygens (including phenoxy) is 2. The second-order valence-electron chi connectivity index (χ2n) is 5.74. The molecular formula is C18H21FN2O2. The van der Waals surface area contributed by atoms with Crippen molar-refractivity contribution in [1.82, 2.24) is 5.01 Å². The number of nitrogens with two attached hydrogens (primary N) is 1. The van der Waals surface area contributed by atoms with Gasteiger partial charge in [0, 0.05) is 13.1 Å². The van der Waals surface area contributed by atoms with E-state index in [-0.39, 0.29) is 11.9 Å². The molecule has 1 aliphatic heterocycles. The van der Waals surface area contributed by atoms with E-state index in [9.17, 15) is 4.39 Å². The molecule has 23 heavy (non-hydrogen) atoms. The van der Waals surface area contributed by atoms with E-state index >= 15 is 0 Å². The number of piperidine rings is 1. The van der Waals surface area contributed by atoms with Crippen LogP contribution in [-0.2, 0) is 6.61 Å². The van der Waals surface area contributed by atoms with Crippen LogP contribution < -0.4 is 15.3 Å². The highest BCUT2D eigenvalue weighted by molar-refractivity contribution is 5.31.